The fourth-order valence-corrected chi connectivity index (χ4v) is 3.14. The first-order valence-electron chi connectivity index (χ1n) is 8.55. The predicted molar refractivity (Wildman–Crippen MR) is 101 cm³/mol. The third-order valence-corrected chi connectivity index (χ3v) is 4.46. The second-order valence-corrected chi connectivity index (χ2v) is 6.48. The molecule has 1 aromatic carbocycles. The first-order valence-corrected chi connectivity index (χ1v) is 8.55. The largest absolute Gasteiger partial charge is 0.442 e. The van der Waals surface area contributed by atoms with Crippen LogP contribution in [0.25, 0.3) is 0 Å². The van der Waals surface area contributed by atoms with E-state index in [1.807, 2.05) is 4.90 Å². The van der Waals surface area contributed by atoms with Crippen molar-refractivity contribution in [2.45, 2.75) is 13.0 Å². The molecule has 1 atom stereocenters. The molecule has 0 saturated carbocycles. The first-order chi connectivity index (χ1) is 12.9. The van der Waals surface area contributed by atoms with Gasteiger partial charge in [-0.25, -0.2) is 9.18 Å². The summed E-state index contributed by atoms with van der Waals surface area (Å²) in [7, 11) is 1.66. The van der Waals surface area contributed by atoms with Gasteiger partial charge in [0.1, 0.15) is 11.9 Å². The summed E-state index contributed by atoms with van der Waals surface area (Å²) in [6, 6.07) is 4.60. The molecule has 2 amide bonds. The van der Waals surface area contributed by atoms with Gasteiger partial charge < -0.3 is 20.7 Å². The molecule has 0 unspecified atom stereocenters. The van der Waals surface area contributed by atoms with Gasteiger partial charge in [-0.2, -0.15) is 0 Å². The number of hydrogen-bond donors (Lipinski definition) is 2. The summed E-state index contributed by atoms with van der Waals surface area (Å²) in [5, 5.41) is 2.61. The molecule has 3 rings (SSSR count). The monoisotopic (exact) mass is 375 g/mol. The van der Waals surface area contributed by atoms with Gasteiger partial charge in [0.15, 0.2) is 0 Å². The van der Waals surface area contributed by atoms with Crippen molar-refractivity contribution >= 4 is 29.6 Å². The second-order valence-electron chi connectivity index (χ2n) is 6.48. The number of cyclic esters (lactones) is 1. The Hall–Kier alpha value is -3.10. The number of aliphatic imine (C=N–C) groups is 1. The third-order valence-electron chi connectivity index (χ3n) is 4.46. The lowest BCUT2D eigenvalue weighted by Gasteiger charge is -2.21. The topological polar surface area (TPSA) is 100 Å². The lowest BCUT2D eigenvalue weighted by Crippen LogP contribution is -2.33. The van der Waals surface area contributed by atoms with Gasteiger partial charge in [-0.15, -0.1) is 0 Å². The zero-order valence-electron chi connectivity index (χ0n) is 15.2. The number of halogens is 1. The number of benzene rings is 1. The smallest absolute Gasteiger partial charge is 0.414 e. The van der Waals surface area contributed by atoms with Gasteiger partial charge >= 0.3 is 6.09 Å². The standard InChI is InChI=1S/C18H22FN5O3/c1-11(25)22-7-14-9-24(18(26)27-14)13-3-4-17(15(19)5-13)23-8-12(6-21-2)16(20)10-23/h3-6,14H,7-10,20H2,1-2H3,(H,22,25)/t14-/m0/s1. The lowest BCUT2D eigenvalue weighted by atomic mass is 10.2. The van der Waals surface area contributed by atoms with Crippen LogP contribution in [0.15, 0.2) is 34.5 Å². The number of ether oxygens (including phenoxy) is 1. The number of amides is 2. The van der Waals surface area contributed by atoms with Crippen LogP contribution in [0.2, 0.25) is 0 Å². The Morgan fingerprint density at radius 3 is 2.93 bits per heavy atom. The molecular weight excluding hydrogens is 353 g/mol. The highest BCUT2D eigenvalue weighted by atomic mass is 19.1. The van der Waals surface area contributed by atoms with Crippen LogP contribution in [0.3, 0.4) is 0 Å². The van der Waals surface area contributed by atoms with Crippen LogP contribution in [0.1, 0.15) is 6.92 Å². The average molecular weight is 375 g/mol. The Morgan fingerprint density at radius 2 is 2.26 bits per heavy atom. The van der Waals surface area contributed by atoms with Crippen molar-refractivity contribution in [3.8, 4) is 0 Å². The van der Waals surface area contributed by atoms with Crippen LogP contribution in [-0.4, -0.2) is 57.5 Å². The van der Waals surface area contributed by atoms with Crippen LogP contribution >= 0.6 is 0 Å². The van der Waals surface area contributed by atoms with Crippen molar-refractivity contribution in [3.05, 3.63) is 35.3 Å². The summed E-state index contributed by atoms with van der Waals surface area (Å²) in [6.45, 7) is 2.75. The summed E-state index contributed by atoms with van der Waals surface area (Å²) in [5.41, 5.74) is 8.32. The van der Waals surface area contributed by atoms with E-state index in [9.17, 15) is 14.0 Å². The highest BCUT2D eigenvalue weighted by Gasteiger charge is 2.33. The molecular formula is C18H22FN5O3. The van der Waals surface area contributed by atoms with Gasteiger partial charge in [0.05, 0.1) is 31.0 Å². The molecule has 1 saturated heterocycles. The van der Waals surface area contributed by atoms with Crippen LogP contribution < -0.4 is 20.9 Å². The summed E-state index contributed by atoms with van der Waals surface area (Å²) < 4.78 is 19.9. The highest BCUT2D eigenvalue weighted by molar-refractivity contribution is 5.90. The summed E-state index contributed by atoms with van der Waals surface area (Å²) in [4.78, 5) is 30.2. The van der Waals surface area contributed by atoms with Gasteiger partial charge in [-0.05, 0) is 18.2 Å². The number of anilines is 2. The Balaban J connectivity index is 1.70. The molecule has 0 aliphatic carbocycles. The Kier molecular flexibility index (Phi) is 5.29. The van der Waals surface area contributed by atoms with Gasteiger partial charge in [0.25, 0.3) is 0 Å². The number of hydrogen-bond acceptors (Lipinski definition) is 6. The number of carbonyl (C=O) groups is 2. The van der Waals surface area contributed by atoms with Crippen molar-refractivity contribution in [1.82, 2.24) is 5.32 Å². The quantitative estimate of drug-likeness (QED) is 0.749. The van der Waals surface area contributed by atoms with Crippen molar-refractivity contribution in [2.24, 2.45) is 10.7 Å². The molecule has 3 N–H and O–H groups in total. The average Bonchev–Trinajstić information content (AvgIpc) is 3.16. The van der Waals surface area contributed by atoms with Crippen molar-refractivity contribution in [3.63, 3.8) is 0 Å². The van der Waals surface area contributed by atoms with E-state index in [4.69, 9.17) is 10.5 Å². The molecule has 8 nitrogen and oxygen atoms in total. The summed E-state index contributed by atoms with van der Waals surface area (Å²) >= 11 is 0. The number of nitrogens with one attached hydrogen (secondary N) is 1. The highest BCUT2D eigenvalue weighted by Crippen LogP contribution is 2.30. The van der Waals surface area contributed by atoms with E-state index >= 15 is 0 Å². The number of carbonyl (C=O) groups excluding carboxylic acids is 2. The minimum Gasteiger partial charge on any atom is -0.442 e. The van der Waals surface area contributed by atoms with Crippen molar-refractivity contribution < 1.29 is 18.7 Å². The van der Waals surface area contributed by atoms with E-state index in [0.29, 0.717) is 30.2 Å². The van der Waals surface area contributed by atoms with Gasteiger partial charge in [-0.3, -0.25) is 14.7 Å². The number of rotatable bonds is 5. The van der Waals surface area contributed by atoms with Crippen LogP contribution in [0, 0.1) is 5.82 Å². The Bertz CT molecular complexity index is 823. The molecule has 2 aliphatic rings. The maximum Gasteiger partial charge on any atom is 0.414 e. The molecule has 9 heteroatoms. The first kappa shape index (κ1) is 18.7. The van der Waals surface area contributed by atoms with E-state index < -0.39 is 18.0 Å². The zero-order valence-corrected chi connectivity index (χ0v) is 15.2. The third kappa shape index (κ3) is 4.02. The molecule has 27 heavy (non-hydrogen) atoms. The van der Waals surface area contributed by atoms with E-state index in [1.54, 1.807) is 25.4 Å². The maximum atomic E-state index is 14.7. The molecule has 1 fully saturated rings. The van der Waals surface area contributed by atoms with Crippen LogP contribution in [0.4, 0.5) is 20.6 Å². The zero-order chi connectivity index (χ0) is 19.6. The summed E-state index contributed by atoms with van der Waals surface area (Å²) in [6.07, 6.45) is 0.644. The van der Waals surface area contributed by atoms with Gasteiger partial charge in [-0.1, -0.05) is 0 Å². The Labute approximate surface area is 156 Å². The summed E-state index contributed by atoms with van der Waals surface area (Å²) in [5.74, 6) is -0.654. The normalized spacial score (nSPS) is 20.0. The molecule has 0 spiro atoms. The van der Waals surface area contributed by atoms with E-state index in [2.05, 4.69) is 10.3 Å². The van der Waals surface area contributed by atoms with Crippen molar-refractivity contribution in [2.75, 3.05) is 43.0 Å². The van der Waals surface area contributed by atoms with Gasteiger partial charge in [0, 0.05) is 38.0 Å². The molecule has 0 aromatic heterocycles. The molecule has 0 radical (unpaired) electrons. The fraction of sp³-hybridized carbons (Fsp3) is 0.389. The second kappa shape index (κ2) is 7.65. The molecule has 0 bridgehead atoms. The van der Waals surface area contributed by atoms with Gasteiger partial charge in [0.2, 0.25) is 5.91 Å². The molecule has 2 aliphatic heterocycles. The fourth-order valence-electron chi connectivity index (χ4n) is 3.14. The van der Waals surface area contributed by atoms with Crippen LogP contribution in [0.5, 0.6) is 0 Å². The minimum absolute atomic E-state index is 0.203. The SMILES string of the molecule is CN=CC1=C(N)CN(c2ccc(N3C[C@H](CNC(C)=O)OC3=O)cc2F)C1. The number of nitrogens with zero attached hydrogens (tertiary/aromatic N) is 3. The maximum absolute atomic E-state index is 14.7. The van der Waals surface area contributed by atoms with Crippen LogP contribution in [-0.2, 0) is 9.53 Å². The Morgan fingerprint density at radius 1 is 1.48 bits per heavy atom. The molecule has 144 valence electrons. The van der Waals surface area contributed by atoms with E-state index in [-0.39, 0.29) is 19.0 Å². The molecule has 2 heterocycles. The van der Waals surface area contributed by atoms with E-state index in [1.165, 1.54) is 17.9 Å². The predicted octanol–water partition coefficient (Wildman–Crippen LogP) is 1.02. The minimum atomic E-state index is -0.564. The van der Waals surface area contributed by atoms with Crippen molar-refractivity contribution in [1.29, 1.82) is 0 Å². The van der Waals surface area contributed by atoms with E-state index in [0.717, 1.165) is 5.57 Å². The number of nitrogens with two attached hydrogens (primary N) is 1. The molecule has 1 aromatic rings. The lowest BCUT2D eigenvalue weighted by molar-refractivity contribution is -0.119.